The van der Waals surface area contributed by atoms with Crippen molar-refractivity contribution < 1.29 is 9.50 Å². The predicted octanol–water partition coefficient (Wildman–Crippen LogP) is 1.93. The van der Waals surface area contributed by atoms with Crippen LogP contribution in [0, 0.1) is 5.82 Å². The third-order valence-corrected chi connectivity index (χ3v) is 2.77. The molecule has 0 radical (unpaired) electrons. The maximum Gasteiger partial charge on any atom is 0.137 e. The van der Waals surface area contributed by atoms with Gasteiger partial charge < -0.3 is 10.8 Å². The van der Waals surface area contributed by atoms with Crippen molar-refractivity contribution in [3.8, 4) is 0 Å². The van der Waals surface area contributed by atoms with Crippen LogP contribution in [0.15, 0.2) is 23.1 Å². The maximum absolute atomic E-state index is 13.3. The first-order valence-corrected chi connectivity index (χ1v) is 5.63. The van der Waals surface area contributed by atoms with Crippen LogP contribution in [0.25, 0.3) is 0 Å². The lowest BCUT2D eigenvalue weighted by molar-refractivity contribution is 0.170. The molecular formula is C10H14FNOS. The highest BCUT2D eigenvalue weighted by Crippen LogP contribution is 2.23. The van der Waals surface area contributed by atoms with Gasteiger partial charge in [-0.05, 0) is 36.9 Å². The Hall–Kier alpha value is -0.580. The summed E-state index contributed by atoms with van der Waals surface area (Å²) >= 11 is 1.35. The van der Waals surface area contributed by atoms with E-state index in [9.17, 15) is 9.50 Å². The molecule has 0 bridgehead atoms. The van der Waals surface area contributed by atoms with Crippen molar-refractivity contribution in [2.24, 2.45) is 5.73 Å². The molecule has 0 spiro atoms. The van der Waals surface area contributed by atoms with Gasteiger partial charge in [0.05, 0.1) is 6.10 Å². The molecule has 0 saturated heterocycles. The summed E-state index contributed by atoms with van der Waals surface area (Å²) in [5, 5.41) is 9.56. The van der Waals surface area contributed by atoms with Crippen molar-refractivity contribution in [3.63, 3.8) is 0 Å². The van der Waals surface area contributed by atoms with Crippen LogP contribution in [0.4, 0.5) is 4.39 Å². The Morgan fingerprint density at radius 1 is 1.57 bits per heavy atom. The summed E-state index contributed by atoms with van der Waals surface area (Å²) in [6, 6.07) is 4.77. The number of halogens is 1. The molecule has 0 aliphatic rings. The third-order valence-electron chi connectivity index (χ3n) is 2.00. The summed E-state index contributed by atoms with van der Waals surface area (Å²) in [7, 11) is 0. The molecule has 0 aliphatic heterocycles. The second kappa shape index (κ2) is 5.34. The quantitative estimate of drug-likeness (QED) is 0.754. The van der Waals surface area contributed by atoms with E-state index in [1.54, 1.807) is 12.1 Å². The molecule has 0 aromatic heterocycles. The summed E-state index contributed by atoms with van der Waals surface area (Å²) in [4.78, 5) is 0.591. The molecule has 1 rings (SSSR count). The highest BCUT2D eigenvalue weighted by atomic mass is 32.2. The number of hydrogen-bond donors (Lipinski definition) is 2. The first-order chi connectivity index (χ1) is 6.69. The van der Waals surface area contributed by atoms with E-state index >= 15 is 0 Å². The van der Waals surface area contributed by atoms with E-state index < -0.39 is 6.10 Å². The van der Waals surface area contributed by atoms with Gasteiger partial charge in [-0.1, -0.05) is 6.07 Å². The van der Waals surface area contributed by atoms with Crippen LogP contribution in [0.5, 0.6) is 0 Å². The van der Waals surface area contributed by atoms with Crippen LogP contribution in [0.1, 0.15) is 18.1 Å². The van der Waals surface area contributed by atoms with E-state index in [-0.39, 0.29) is 5.82 Å². The molecule has 0 saturated carbocycles. The number of aliphatic hydroxyl groups is 1. The van der Waals surface area contributed by atoms with Crippen LogP contribution in [0.2, 0.25) is 0 Å². The Balaban J connectivity index is 2.85. The summed E-state index contributed by atoms with van der Waals surface area (Å²) < 4.78 is 13.3. The molecule has 14 heavy (non-hydrogen) atoms. The zero-order valence-electron chi connectivity index (χ0n) is 8.03. The van der Waals surface area contributed by atoms with Gasteiger partial charge in [0.25, 0.3) is 0 Å². The zero-order valence-corrected chi connectivity index (χ0v) is 8.85. The van der Waals surface area contributed by atoms with Gasteiger partial charge >= 0.3 is 0 Å². The lowest BCUT2D eigenvalue weighted by Crippen LogP contribution is -2.06. The molecule has 1 unspecified atom stereocenters. The molecule has 78 valence electrons. The van der Waals surface area contributed by atoms with Crippen LogP contribution < -0.4 is 5.73 Å². The monoisotopic (exact) mass is 215 g/mol. The largest absolute Gasteiger partial charge is 0.388 e. The Morgan fingerprint density at radius 2 is 2.29 bits per heavy atom. The van der Waals surface area contributed by atoms with Gasteiger partial charge in [-0.15, -0.1) is 11.8 Å². The minimum absolute atomic E-state index is 0.286. The molecule has 4 heteroatoms. The Kier molecular flexibility index (Phi) is 4.38. The fourth-order valence-corrected chi connectivity index (χ4v) is 1.67. The Bertz CT molecular complexity index is 306. The van der Waals surface area contributed by atoms with Gasteiger partial charge in [0, 0.05) is 4.90 Å². The molecular weight excluding hydrogens is 201 g/mol. The molecule has 1 atom stereocenters. The third kappa shape index (κ3) is 2.70. The topological polar surface area (TPSA) is 46.2 Å². The molecule has 3 N–H and O–H groups in total. The SMILES string of the molecule is CSc1ccc(C(O)CCN)cc1F. The van der Waals surface area contributed by atoms with Gasteiger partial charge in [-0.3, -0.25) is 0 Å². The molecule has 0 heterocycles. The van der Waals surface area contributed by atoms with Crippen molar-refractivity contribution in [1.82, 2.24) is 0 Å². The number of aliphatic hydroxyl groups excluding tert-OH is 1. The van der Waals surface area contributed by atoms with Crippen molar-refractivity contribution in [2.45, 2.75) is 17.4 Å². The summed E-state index contributed by atoms with van der Waals surface area (Å²) in [5.74, 6) is -0.286. The highest BCUT2D eigenvalue weighted by Gasteiger charge is 2.09. The predicted molar refractivity (Wildman–Crippen MR) is 56.8 cm³/mol. The summed E-state index contributed by atoms with van der Waals surface area (Å²) in [6.45, 7) is 0.396. The first-order valence-electron chi connectivity index (χ1n) is 4.40. The standard InChI is InChI=1S/C10H14FNOS/c1-14-10-3-2-7(6-8(10)11)9(13)4-5-12/h2-3,6,9,13H,4-5,12H2,1H3. The van der Waals surface area contributed by atoms with Crippen molar-refractivity contribution in [3.05, 3.63) is 29.6 Å². The highest BCUT2D eigenvalue weighted by molar-refractivity contribution is 7.98. The first kappa shape index (κ1) is 11.5. The smallest absolute Gasteiger partial charge is 0.137 e. The number of rotatable bonds is 4. The number of nitrogens with two attached hydrogens (primary N) is 1. The second-order valence-corrected chi connectivity index (χ2v) is 3.84. The Morgan fingerprint density at radius 3 is 2.79 bits per heavy atom. The van der Waals surface area contributed by atoms with Gasteiger partial charge in [0.1, 0.15) is 5.82 Å². The lowest BCUT2D eigenvalue weighted by atomic mass is 10.1. The van der Waals surface area contributed by atoms with Crippen molar-refractivity contribution >= 4 is 11.8 Å². The number of benzene rings is 1. The number of thioether (sulfide) groups is 1. The number of hydrogen-bond acceptors (Lipinski definition) is 3. The van der Waals surface area contributed by atoms with Crippen molar-refractivity contribution in [1.29, 1.82) is 0 Å². The van der Waals surface area contributed by atoms with E-state index in [4.69, 9.17) is 5.73 Å². The van der Waals surface area contributed by atoms with E-state index in [1.165, 1.54) is 17.8 Å². The van der Waals surface area contributed by atoms with Gasteiger partial charge in [0.15, 0.2) is 0 Å². The lowest BCUT2D eigenvalue weighted by Gasteiger charge is -2.10. The van der Waals surface area contributed by atoms with E-state index in [0.717, 1.165) is 0 Å². The average Bonchev–Trinajstić information content (AvgIpc) is 2.18. The summed E-state index contributed by atoms with van der Waals surface area (Å²) in [5.41, 5.74) is 5.89. The maximum atomic E-state index is 13.3. The summed E-state index contributed by atoms with van der Waals surface area (Å²) in [6.07, 6.45) is 1.61. The van der Waals surface area contributed by atoms with E-state index in [0.29, 0.717) is 23.4 Å². The normalized spacial score (nSPS) is 12.9. The fraction of sp³-hybridized carbons (Fsp3) is 0.400. The molecule has 2 nitrogen and oxygen atoms in total. The molecule has 0 amide bonds. The van der Waals surface area contributed by atoms with E-state index in [2.05, 4.69) is 0 Å². The van der Waals surface area contributed by atoms with Crippen LogP contribution >= 0.6 is 11.8 Å². The molecule has 1 aromatic rings. The second-order valence-electron chi connectivity index (χ2n) is 2.99. The fourth-order valence-electron chi connectivity index (χ4n) is 1.21. The van der Waals surface area contributed by atoms with Gasteiger partial charge in [-0.25, -0.2) is 4.39 Å². The average molecular weight is 215 g/mol. The van der Waals surface area contributed by atoms with Gasteiger partial charge in [-0.2, -0.15) is 0 Å². The minimum Gasteiger partial charge on any atom is -0.388 e. The Labute approximate surface area is 87.3 Å². The van der Waals surface area contributed by atoms with Gasteiger partial charge in [0.2, 0.25) is 0 Å². The van der Waals surface area contributed by atoms with Crippen LogP contribution in [-0.4, -0.2) is 17.9 Å². The molecule has 1 aromatic carbocycles. The van der Waals surface area contributed by atoms with Crippen LogP contribution in [-0.2, 0) is 0 Å². The van der Waals surface area contributed by atoms with Crippen LogP contribution in [0.3, 0.4) is 0 Å². The zero-order chi connectivity index (χ0) is 10.6. The van der Waals surface area contributed by atoms with E-state index in [1.807, 2.05) is 6.26 Å². The molecule has 0 aliphatic carbocycles. The molecule has 0 fully saturated rings. The van der Waals surface area contributed by atoms with Crippen molar-refractivity contribution in [2.75, 3.05) is 12.8 Å². The minimum atomic E-state index is -0.662.